The normalized spacial score (nSPS) is 19.7. The van der Waals surface area contributed by atoms with Gasteiger partial charge in [-0.2, -0.15) is 0 Å². The van der Waals surface area contributed by atoms with Crippen LogP contribution in [0.5, 0.6) is 11.6 Å². The van der Waals surface area contributed by atoms with Crippen molar-refractivity contribution in [1.82, 2.24) is 5.16 Å². The van der Waals surface area contributed by atoms with Crippen LogP contribution in [0.1, 0.15) is 24.3 Å². The fraction of sp³-hybridized carbons (Fsp3) is 0.211. The van der Waals surface area contributed by atoms with Crippen molar-refractivity contribution in [2.75, 3.05) is 0 Å². The number of ether oxygens (including phenoxy) is 1. The topological polar surface area (TPSA) is 55.5 Å². The van der Waals surface area contributed by atoms with Crippen molar-refractivity contribution >= 4 is 0 Å². The van der Waals surface area contributed by atoms with Gasteiger partial charge in [0.05, 0.1) is 6.10 Å². The lowest BCUT2D eigenvalue weighted by molar-refractivity contribution is 0.0985. The van der Waals surface area contributed by atoms with Crippen molar-refractivity contribution in [3.63, 3.8) is 0 Å². The molecule has 1 N–H and O–H groups in total. The van der Waals surface area contributed by atoms with Gasteiger partial charge < -0.3 is 14.4 Å². The Morgan fingerprint density at radius 3 is 2.38 bits per heavy atom. The molecule has 122 valence electrons. The van der Waals surface area contributed by atoms with Crippen molar-refractivity contribution < 1.29 is 18.8 Å². The van der Waals surface area contributed by atoms with Crippen molar-refractivity contribution in [3.05, 3.63) is 66.0 Å². The van der Waals surface area contributed by atoms with Crippen molar-refractivity contribution in [3.8, 4) is 23.0 Å². The molecule has 1 heterocycles. The molecular weight excluding hydrogens is 309 g/mol. The minimum absolute atomic E-state index is 0.133. The molecule has 5 heteroatoms. The van der Waals surface area contributed by atoms with Crippen LogP contribution in [0.15, 0.2) is 59.1 Å². The van der Waals surface area contributed by atoms with Gasteiger partial charge in [0.1, 0.15) is 11.6 Å². The zero-order chi connectivity index (χ0) is 16.5. The van der Waals surface area contributed by atoms with Gasteiger partial charge in [-0.1, -0.05) is 12.1 Å². The van der Waals surface area contributed by atoms with Crippen molar-refractivity contribution in [2.45, 2.75) is 24.9 Å². The van der Waals surface area contributed by atoms with Crippen LogP contribution in [0, 0.1) is 5.82 Å². The van der Waals surface area contributed by atoms with Gasteiger partial charge in [-0.15, -0.1) is 0 Å². The smallest absolute Gasteiger partial charge is 0.252 e. The Morgan fingerprint density at radius 2 is 1.75 bits per heavy atom. The van der Waals surface area contributed by atoms with Gasteiger partial charge in [0.15, 0.2) is 5.76 Å². The number of hydrogen-bond acceptors (Lipinski definition) is 4. The van der Waals surface area contributed by atoms with E-state index in [-0.39, 0.29) is 17.8 Å². The van der Waals surface area contributed by atoms with Crippen LogP contribution in [0.4, 0.5) is 4.39 Å². The molecule has 4 nitrogen and oxygen atoms in total. The molecule has 1 aliphatic carbocycles. The lowest BCUT2D eigenvalue weighted by Crippen LogP contribution is -2.32. The molecule has 4 rings (SSSR count). The predicted octanol–water partition coefficient (Wildman–Crippen LogP) is 4.51. The quantitative estimate of drug-likeness (QED) is 0.767. The molecule has 0 amide bonds. The van der Waals surface area contributed by atoms with Gasteiger partial charge in [0, 0.05) is 11.6 Å². The summed E-state index contributed by atoms with van der Waals surface area (Å²) in [5, 5.41) is 12.7. The molecule has 0 atom stereocenters. The molecule has 0 unspecified atom stereocenters. The summed E-state index contributed by atoms with van der Waals surface area (Å²) in [6.07, 6.45) is 2.05. The first-order valence-corrected chi connectivity index (χ1v) is 7.85. The van der Waals surface area contributed by atoms with Gasteiger partial charge in [-0.05, 0) is 65.9 Å². The minimum Gasteiger partial charge on any atom is -0.491 e. The SMILES string of the molecule is Oc1cc(-c2ccc(O[C@H]3C[C@H](c4ccc(F)cc4)C3)cc2)on1. The second-order valence-corrected chi connectivity index (χ2v) is 6.03. The fourth-order valence-electron chi connectivity index (χ4n) is 2.96. The molecule has 1 saturated carbocycles. The van der Waals surface area contributed by atoms with Gasteiger partial charge in [0.25, 0.3) is 5.88 Å². The largest absolute Gasteiger partial charge is 0.491 e. The van der Waals surface area contributed by atoms with Crippen molar-refractivity contribution in [1.29, 1.82) is 0 Å². The summed E-state index contributed by atoms with van der Waals surface area (Å²) in [7, 11) is 0. The summed E-state index contributed by atoms with van der Waals surface area (Å²) < 4.78 is 23.9. The van der Waals surface area contributed by atoms with Crippen LogP contribution >= 0.6 is 0 Å². The number of rotatable bonds is 4. The third-order valence-corrected chi connectivity index (χ3v) is 4.38. The molecule has 24 heavy (non-hydrogen) atoms. The summed E-state index contributed by atoms with van der Waals surface area (Å²) in [5.74, 6) is 1.41. The van der Waals surface area contributed by atoms with E-state index in [0.717, 1.165) is 29.7 Å². The Balaban J connectivity index is 1.34. The van der Waals surface area contributed by atoms with Crippen LogP contribution in [-0.4, -0.2) is 16.4 Å². The highest BCUT2D eigenvalue weighted by molar-refractivity contribution is 5.59. The van der Waals surface area contributed by atoms with E-state index in [1.165, 1.54) is 18.2 Å². The first-order valence-electron chi connectivity index (χ1n) is 7.85. The van der Waals surface area contributed by atoms with E-state index in [0.29, 0.717) is 11.7 Å². The van der Waals surface area contributed by atoms with Gasteiger partial charge >= 0.3 is 0 Å². The standard InChI is InChI=1S/C19H16FNO3/c20-15-5-1-12(2-6-15)14-9-17(10-14)23-16-7-3-13(4-8-16)18-11-19(22)21-24-18/h1-8,11,14,17H,9-10H2,(H,21,22)/t14-,17-. The van der Waals surface area contributed by atoms with Crippen LogP contribution in [0.25, 0.3) is 11.3 Å². The molecule has 0 bridgehead atoms. The summed E-state index contributed by atoms with van der Waals surface area (Å²) in [4.78, 5) is 0. The Morgan fingerprint density at radius 1 is 1.04 bits per heavy atom. The fourth-order valence-corrected chi connectivity index (χ4v) is 2.96. The van der Waals surface area contributed by atoms with E-state index in [9.17, 15) is 9.50 Å². The van der Waals surface area contributed by atoms with Crippen molar-refractivity contribution in [2.24, 2.45) is 0 Å². The zero-order valence-electron chi connectivity index (χ0n) is 12.9. The first-order chi connectivity index (χ1) is 11.7. The Bertz CT molecular complexity index is 821. The molecule has 0 saturated heterocycles. The highest BCUT2D eigenvalue weighted by Crippen LogP contribution is 2.39. The second-order valence-electron chi connectivity index (χ2n) is 6.03. The number of benzene rings is 2. The van der Waals surface area contributed by atoms with Crippen LogP contribution in [0.3, 0.4) is 0 Å². The highest BCUT2D eigenvalue weighted by Gasteiger charge is 2.31. The molecular formula is C19H16FNO3. The van der Waals surface area contributed by atoms with Gasteiger partial charge in [-0.25, -0.2) is 4.39 Å². The van der Waals surface area contributed by atoms with E-state index in [1.54, 1.807) is 0 Å². The molecule has 2 aromatic carbocycles. The molecule has 0 radical (unpaired) electrons. The predicted molar refractivity (Wildman–Crippen MR) is 86.4 cm³/mol. The Labute approximate surface area is 138 Å². The maximum atomic E-state index is 12.9. The Kier molecular flexibility index (Phi) is 3.69. The third-order valence-electron chi connectivity index (χ3n) is 4.38. The van der Waals surface area contributed by atoms with Gasteiger partial charge in [0.2, 0.25) is 0 Å². The number of aromatic nitrogens is 1. The van der Waals surface area contributed by atoms with Gasteiger partial charge in [-0.3, -0.25) is 0 Å². The number of hydrogen-bond donors (Lipinski definition) is 1. The van der Waals surface area contributed by atoms with E-state index in [2.05, 4.69) is 5.16 Å². The lowest BCUT2D eigenvalue weighted by Gasteiger charge is -2.35. The van der Waals surface area contributed by atoms with Crippen LogP contribution in [0.2, 0.25) is 0 Å². The zero-order valence-corrected chi connectivity index (χ0v) is 12.9. The molecule has 3 aromatic rings. The average Bonchev–Trinajstić information content (AvgIpc) is 2.99. The third kappa shape index (κ3) is 2.97. The first kappa shape index (κ1) is 14.8. The second kappa shape index (κ2) is 6.00. The number of aromatic hydroxyl groups is 1. The number of nitrogens with zero attached hydrogens (tertiary/aromatic N) is 1. The molecule has 1 aliphatic rings. The maximum absolute atomic E-state index is 12.9. The highest BCUT2D eigenvalue weighted by atomic mass is 19.1. The summed E-state index contributed by atoms with van der Waals surface area (Å²) in [5.41, 5.74) is 1.99. The summed E-state index contributed by atoms with van der Waals surface area (Å²) in [6, 6.07) is 15.6. The van der Waals surface area contributed by atoms with Crippen LogP contribution in [-0.2, 0) is 0 Å². The summed E-state index contributed by atoms with van der Waals surface area (Å²) in [6.45, 7) is 0. The minimum atomic E-state index is -0.203. The summed E-state index contributed by atoms with van der Waals surface area (Å²) >= 11 is 0. The van der Waals surface area contributed by atoms with E-state index < -0.39 is 0 Å². The monoisotopic (exact) mass is 325 g/mol. The molecule has 0 aliphatic heterocycles. The average molecular weight is 325 g/mol. The van der Waals surface area contributed by atoms with E-state index >= 15 is 0 Å². The molecule has 1 aromatic heterocycles. The molecule has 1 fully saturated rings. The molecule has 0 spiro atoms. The lowest BCUT2D eigenvalue weighted by atomic mass is 9.77. The van der Waals surface area contributed by atoms with Crippen LogP contribution < -0.4 is 4.74 Å². The van der Waals surface area contributed by atoms with E-state index in [4.69, 9.17) is 9.26 Å². The maximum Gasteiger partial charge on any atom is 0.252 e. The number of halogens is 1. The van der Waals surface area contributed by atoms with E-state index in [1.807, 2.05) is 36.4 Å². The Hall–Kier alpha value is -2.82.